The molecule has 3 saturated carbocycles. The normalized spacial score (nSPS) is 25.1. The Morgan fingerprint density at radius 3 is 2.50 bits per heavy atom. The summed E-state index contributed by atoms with van der Waals surface area (Å²) >= 11 is 0. The molecule has 3 aliphatic carbocycles. The average Bonchev–Trinajstić information content (AvgIpc) is 3.25. The van der Waals surface area contributed by atoms with Gasteiger partial charge in [0.05, 0.1) is 10.3 Å². The van der Waals surface area contributed by atoms with E-state index in [9.17, 15) is 13.2 Å². The lowest BCUT2D eigenvalue weighted by molar-refractivity contribution is -0.137. The predicted octanol–water partition coefficient (Wildman–Crippen LogP) is 2.59. The predicted molar refractivity (Wildman–Crippen MR) is 119 cm³/mol. The fourth-order valence-electron chi connectivity index (χ4n) is 4.82. The van der Waals surface area contributed by atoms with Gasteiger partial charge in [0.15, 0.2) is 11.5 Å². The number of amides is 1. The van der Waals surface area contributed by atoms with Crippen LogP contribution in [0, 0.1) is 12.3 Å². The standard InChI is InChI=1S/C22H26N6O3S/c1-14-3-2-4-15(13-14)32(30,31)19-18(25-16-5-12-24-17(16)26-19)27-28-20(29)21-6-9-22(23,10-7-21)11-8-21/h2-5,12-13H,6-11,23H2,1H3,(H,24,26)(H,25,27)(H,28,29). The number of nitrogens with one attached hydrogen (secondary N) is 3. The zero-order valence-corrected chi connectivity index (χ0v) is 18.6. The maximum Gasteiger partial charge on any atom is 0.244 e. The number of fused-ring (bicyclic) bond motifs is 4. The number of nitrogens with two attached hydrogens (primary N) is 1. The number of rotatable bonds is 5. The molecule has 0 spiro atoms. The Morgan fingerprint density at radius 2 is 1.81 bits per heavy atom. The van der Waals surface area contributed by atoms with E-state index < -0.39 is 15.3 Å². The maximum atomic E-state index is 13.4. The lowest BCUT2D eigenvalue weighted by atomic mass is 9.57. The monoisotopic (exact) mass is 454 g/mol. The molecule has 168 valence electrons. The second kappa shape index (κ2) is 7.28. The third kappa shape index (κ3) is 3.43. The molecule has 1 aromatic carbocycles. The van der Waals surface area contributed by atoms with Gasteiger partial charge in [0, 0.05) is 11.7 Å². The topological polar surface area (TPSA) is 143 Å². The van der Waals surface area contributed by atoms with Crippen LogP contribution in [0.2, 0.25) is 0 Å². The second-order valence-electron chi connectivity index (χ2n) is 9.13. The van der Waals surface area contributed by atoms with Crippen molar-refractivity contribution in [1.29, 1.82) is 0 Å². The number of aromatic amines is 1. The van der Waals surface area contributed by atoms with E-state index in [2.05, 4.69) is 25.8 Å². The summed E-state index contributed by atoms with van der Waals surface area (Å²) in [5.74, 6) is -0.169. The zero-order valence-electron chi connectivity index (χ0n) is 17.8. The fraction of sp³-hybridized carbons (Fsp3) is 0.409. The summed E-state index contributed by atoms with van der Waals surface area (Å²) in [5, 5.41) is -0.246. The van der Waals surface area contributed by atoms with Gasteiger partial charge in [-0.1, -0.05) is 12.1 Å². The number of anilines is 1. The fourth-order valence-corrected chi connectivity index (χ4v) is 6.21. The first-order valence-corrected chi connectivity index (χ1v) is 12.2. The molecule has 1 amide bonds. The van der Waals surface area contributed by atoms with Crippen LogP contribution >= 0.6 is 0 Å². The lowest BCUT2D eigenvalue weighted by Crippen LogP contribution is -2.57. The van der Waals surface area contributed by atoms with Crippen molar-refractivity contribution in [2.75, 3.05) is 5.43 Å². The van der Waals surface area contributed by atoms with E-state index in [1.54, 1.807) is 24.4 Å². The molecule has 5 N–H and O–H groups in total. The largest absolute Gasteiger partial charge is 0.345 e. The highest BCUT2D eigenvalue weighted by Gasteiger charge is 2.50. The Bertz CT molecular complexity index is 1290. The molecular weight excluding hydrogens is 428 g/mol. The zero-order chi connectivity index (χ0) is 22.6. The summed E-state index contributed by atoms with van der Waals surface area (Å²) in [6.07, 6.45) is 6.29. The molecule has 10 heteroatoms. The van der Waals surface area contributed by atoms with Crippen molar-refractivity contribution in [3.05, 3.63) is 42.1 Å². The Morgan fingerprint density at radius 1 is 1.09 bits per heavy atom. The van der Waals surface area contributed by atoms with Crippen LogP contribution in [-0.2, 0) is 14.6 Å². The third-order valence-electron chi connectivity index (χ3n) is 6.99. The van der Waals surface area contributed by atoms with Crippen LogP contribution < -0.4 is 16.6 Å². The van der Waals surface area contributed by atoms with Crippen molar-refractivity contribution in [2.24, 2.45) is 11.1 Å². The van der Waals surface area contributed by atoms with Crippen LogP contribution in [0.1, 0.15) is 44.1 Å². The summed E-state index contributed by atoms with van der Waals surface area (Å²) in [6, 6.07) is 8.30. The minimum absolute atomic E-state index is 0.0110. The molecule has 0 aliphatic heterocycles. The first kappa shape index (κ1) is 20.9. The number of sulfone groups is 1. The highest BCUT2D eigenvalue weighted by atomic mass is 32.2. The molecule has 6 rings (SSSR count). The molecule has 2 aromatic heterocycles. The Hall–Kier alpha value is -2.98. The number of hydrogen-bond donors (Lipinski definition) is 4. The number of carbonyl (C=O) groups excluding carboxylic acids is 1. The van der Waals surface area contributed by atoms with E-state index in [0.29, 0.717) is 11.2 Å². The van der Waals surface area contributed by atoms with Crippen LogP contribution in [-0.4, -0.2) is 34.8 Å². The summed E-state index contributed by atoms with van der Waals surface area (Å²) in [4.78, 5) is 24.9. The third-order valence-corrected chi connectivity index (χ3v) is 8.66. The number of aromatic nitrogens is 3. The van der Waals surface area contributed by atoms with E-state index in [4.69, 9.17) is 5.73 Å². The molecule has 2 bridgehead atoms. The van der Waals surface area contributed by atoms with Crippen LogP contribution in [0.25, 0.3) is 11.2 Å². The van der Waals surface area contributed by atoms with E-state index >= 15 is 0 Å². The van der Waals surface area contributed by atoms with Crippen LogP contribution in [0.4, 0.5) is 5.82 Å². The minimum atomic E-state index is -3.98. The van der Waals surface area contributed by atoms with E-state index in [-0.39, 0.29) is 27.2 Å². The van der Waals surface area contributed by atoms with Crippen molar-refractivity contribution >= 4 is 32.7 Å². The molecule has 0 radical (unpaired) electrons. The summed E-state index contributed by atoms with van der Waals surface area (Å²) in [6.45, 7) is 1.82. The van der Waals surface area contributed by atoms with Gasteiger partial charge < -0.3 is 10.7 Å². The van der Waals surface area contributed by atoms with Crippen LogP contribution in [0.5, 0.6) is 0 Å². The van der Waals surface area contributed by atoms with Crippen molar-refractivity contribution in [2.45, 2.75) is 60.9 Å². The highest BCUT2D eigenvalue weighted by Crippen LogP contribution is 2.51. The number of aryl methyl sites for hydroxylation is 1. The van der Waals surface area contributed by atoms with Gasteiger partial charge in [-0.25, -0.2) is 18.4 Å². The van der Waals surface area contributed by atoms with Crippen molar-refractivity contribution in [3.63, 3.8) is 0 Å². The number of hydrogen-bond acceptors (Lipinski definition) is 7. The van der Waals surface area contributed by atoms with Gasteiger partial charge in [-0.15, -0.1) is 0 Å². The number of H-pyrrole nitrogens is 1. The molecule has 3 aromatic rings. The molecular formula is C22H26N6O3S. The molecule has 3 aliphatic rings. The van der Waals surface area contributed by atoms with Crippen molar-refractivity contribution < 1.29 is 13.2 Å². The van der Waals surface area contributed by atoms with E-state index in [1.165, 1.54) is 6.07 Å². The van der Waals surface area contributed by atoms with Gasteiger partial charge in [-0.05, 0) is 69.2 Å². The van der Waals surface area contributed by atoms with Crippen LogP contribution in [0.3, 0.4) is 0 Å². The maximum absolute atomic E-state index is 13.4. The molecule has 32 heavy (non-hydrogen) atoms. The molecule has 0 unspecified atom stereocenters. The van der Waals surface area contributed by atoms with Gasteiger partial charge in [-0.3, -0.25) is 15.6 Å². The molecule has 2 heterocycles. The number of benzene rings is 1. The summed E-state index contributed by atoms with van der Waals surface area (Å²) in [5.41, 5.74) is 12.9. The lowest BCUT2D eigenvalue weighted by Gasteiger charge is -2.50. The van der Waals surface area contributed by atoms with Gasteiger partial charge in [0.1, 0.15) is 5.52 Å². The van der Waals surface area contributed by atoms with Crippen LogP contribution in [0.15, 0.2) is 46.5 Å². The van der Waals surface area contributed by atoms with Gasteiger partial charge in [-0.2, -0.15) is 0 Å². The number of nitrogens with zero attached hydrogens (tertiary/aromatic N) is 2. The smallest absolute Gasteiger partial charge is 0.244 e. The highest BCUT2D eigenvalue weighted by molar-refractivity contribution is 7.91. The van der Waals surface area contributed by atoms with E-state index in [1.807, 2.05) is 13.0 Å². The number of hydrazine groups is 1. The SMILES string of the molecule is Cc1cccc(S(=O)(=O)c2nc3[nH]ccc3nc2NNC(=O)C23CCC(N)(CC2)CC3)c1. The first-order chi connectivity index (χ1) is 15.2. The second-order valence-corrected chi connectivity index (χ2v) is 11.0. The Balaban J connectivity index is 1.47. The van der Waals surface area contributed by atoms with Crippen molar-refractivity contribution in [3.8, 4) is 0 Å². The van der Waals surface area contributed by atoms with E-state index in [0.717, 1.165) is 44.1 Å². The van der Waals surface area contributed by atoms with Gasteiger partial charge in [0.25, 0.3) is 0 Å². The first-order valence-electron chi connectivity index (χ1n) is 10.7. The molecule has 0 atom stereocenters. The number of carbonyl (C=O) groups is 1. The quantitative estimate of drug-likeness (QED) is 0.434. The van der Waals surface area contributed by atoms with Crippen molar-refractivity contribution in [1.82, 2.24) is 20.4 Å². The minimum Gasteiger partial charge on any atom is -0.345 e. The summed E-state index contributed by atoms with van der Waals surface area (Å²) in [7, 11) is -3.98. The Labute approximate surface area is 186 Å². The van der Waals surface area contributed by atoms with Gasteiger partial charge >= 0.3 is 0 Å². The Kier molecular flexibility index (Phi) is 4.75. The molecule has 0 saturated heterocycles. The molecule has 9 nitrogen and oxygen atoms in total. The summed E-state index contributed by atoms with van der Waals surface area (Å²) < 4.78 is 26.8. The average molecular weight is 455 g/mol. The molecule has 3 fully saturated rings. The van der Waals surface area contributed by atoms with Gasteiger partial charge in [0.2, 0.25) is 20.8 Å².